The molecule has 0 spiro atoms. The third kappa shape index (κ3) is 3.67. The molecule has 25 heavy (non-hydrogen) atoms. The fourth-order valence-electron chi connectivity index (χ4n) is 3.82. The van der Waals surface area contributed by atoms with Gasteiger partial charge in [-0.1, -0.05) is 24.6 Å². The van der Waals surface area contributed by atoms with Gasteiger partial charge in [0.1, 0.15) is 0 Å². The van der Waals surface area contributed by atoms with Gasteiger partial charge in [0.25, 0.3) is 0 Å². The Bertz CT molecular complexity index is 685. The van der Waals surface area contributed by atoms with E-state index in [1.54, 1.807) is 9.80 Å². The Balaban J connectivity index is 1.70. The van der Waals surface area contributed by atoms with Crippen LogP contribution in [0, 0.1) is 24.7 Å². The second-order valence-electron chi connectivity index (χ2n) is 7.36. The first-order chi connectivity index (χ1) is 11.8. The van der Waals surface area contributed by atoms with Gasteiger partial charge < -0.3 is 14.9 Å². The zero-order valence-electron chi connectivity index (χ0n) is 14.6. The van der Waals surface area contributed by atoms with Gasteiger partial charge in [-0.2, -0.15) is 0 Å². The minimum atomic E-state index is -0.854. The first-order valence-electron chi connectivity index (χ1n) is 8.73. The number of rotatable bonds is 3. The largest absolute Gasteiger partial charge is 0.481 e. The number of carbonyl (C=O) groups is 3. The average molecular weight is 344 g/mol. The first-order valence-corrected chi connectivity index (χ1v) is 8.73. The van der Waals surface area contributed by atoms with Crippen LogP contribution in [0.15, 0.2) is 24.3 Å². The minimum Gasteiger partial charge on any atom is -0.481 e. The van der Waals surface area contributed by atoms with Gasteiger partial charge in [0.2, 0.25) is 11.8 Å². The number of aryl methyl sites for hydroxylation is 1. The third-order valence-electron chi connectivity index (χ3n) is 5.14. The summed E-state index contributed by atoms with van der Waals surface area (Å²) >= 11 is 0. The van der Waals surface area contributed by atoms with Crippen LogP contribution in [-0.4, -0.2) is 47.4 Å². The first kappa shape index (κ1) is 17.5. The summed E-state index contributed by atoms with van der Waals surface area (Å²) in [7, 11) is 0. The zero-order chi connectivity index (χ0) is 18.1. The number of aliphatic carboxylic acids is 1. The standard InChI is InChI=1S/C19H24N2O4/c1-12-3-5-16(6-4-12)21-11-14(8-17(21)22)18(23)20-9-13(2)7-15(10-20)19(24)25/h3-6,13-15H,7-11H2,1-2H3,(H,24,25). The zero-order valence-corrected chi connectivity index (χ0v) is 14.6. The van der Waals surface area contributed by atoms with E-state index in [4.69, 9.17) is 0 Å². The molecule has 2 aliphatic rings. The van der Waals surface area contributed by atoms with Gasteiger partial charge in [-0.3, -0.25) is 14.4 Å². The molecule has 0 radical (unpaired) electrons. The summed E-state index contributed by atoms with van der Waals surface area (Å²) in [5.41, 5.74) is 1.92. The fourth-order valence-corrected chi connectivity index (χ4v) is 3.82. The second-order valence-corrected chi connectivity index (χ2v) is 7.36. The van der Waals surface area contributed by atoms with E-state index in [-0.39, 0.29) is 30.7 Å². The lowest BCUT2D eigenvalue weighted by Gasteiger charge is -2.36. The molecule has 6 heteroatoms. The monoisotopic (exact) mass is 344 g/mol. The lowest BCUT2D eigenvalue weighted by atomic mass is 9.89. The Morgan fingerprint density at radius 1 is 1.08 bits per heavy atom. The van der Waals surface area contributed by atoms with Crippen LogP contribution in [0.25, 0.3) is 0 Å². The maximum absolute atomic E-state index is 12.8. The number of nitrogens with zero attached hydrogens (tertiary/aromatic N) is 2. The van der Waals surface area contributed by atoms with Gasteiger partial charge in [0.15, 0.2) is 0 Å². The van der Waals surface area contributed by atoms with Crippen molar-refractivity contribution in [1.82, 2.24) is 4.90 Å². The summed E-state index contributed by atoms with van der Waals surface area (Å²) in [5, 5.41) is 9.28. The predicted molar refractivity (Wildman–Crippen MR) is 93.1 cm³/mol. The highest BCUT2D eigenvalue weighted by Gasteiger charge is 2.40. The number of hydrogen-bond acceptors (Lipinski definition) is 3. The van der Waals surface area contributed by atoms with Gasteiger partial charge in [0, 0.05) is 31.7 Å². The van der Waals surface area contributed by atoms with Gasteiger partial charge >= 0.3 is 5.97 Å². The molecule has 6 nitrogen and oxygen atoms in total. The third-order valence-corrected chi connectivity index (χ3v) is 5.14. The van der Waals surface area contributed by atoms with E-state index in [2.05, 4.69) is 0 Å². The topological polar surface area (TPSA) is 77.9 Å². The van der Waals surface area contributed by atoms with E-state index in [0.717, 1.165) is 11.3 Å². The van der Waals surface area contributed by atoms with Crippen LogP contribution in [0.2, 0.25) is 0 Å². The van der Waals surface area contributed by atoms with Gasteiger partial charge in [0.05, 0.1) is 11.8 Å². The summed E-state index contributed by atoms with van der Waals surface area (Å²) in [4.78, 5) is 39.8. The van der Waals surface area contributed by atoms with Crippen molar-refractivity contribution in [3.05, 3.63) is 29.8 Å². The molecule has 2 saturated heterocycles. The molecular weight excluding hydrogens is 320 g/mol. The molecule has 1 N–H and O–H groups in total. The summed E-state index contributed by atoms with van der Waals surface area (Å²) in [6.07, 6.45) is 0.785. The molecule has 0 bridgehead atoms. The minimum absolute atomic E-state index is 0.0537. The Kier molecular flexibility index (Phi) is 4.79. The Hall–Kier alpha value is -2.37. The van der Waals surface area contributed by atoms with Crippen LogP contribution < -0.4 is 4.90 Å². The number of piperidine rings is 1. The molecule has 3 rings (SSSR count). The van der Waals surface area contributed by atoms with E-state index < -0.39 is 17.8 Å². The smallest absolute Gasteiger partial charge is 0.308 e. The normalized spacial score (nSPS) is 26.8. The molecule has 2 fully saturated rings. The van der Waals surface area contributed by atoms with Gasteiger partial charge in [-0.05, 0) is 31.4 Å². The van der Waals surface area contributed by atoms with E-state index >= 15 is 0 Å². The van der Waals surface area contributed by atoms with Crippen LogP contribution in [0.3, 0.4) is 0 Å². The van der Waals surface area contributed by atoms with Crippen molar-refractivity contribution >= 4 is 23.5 Å². The number of anilines is 1. The number of hydrogen-bond donors (Lipinski definition) is 1. The van der Waals surface area contributed by atoms with Crippen LogP contribution in [0.5, 0.6) is 0 Å². The Labute approximate surface area is 147 Å². The molecule has 1 aromatic carbocycles. The molecule has 3 atom stereocenters. The van der Waals surface area contributed by atoms with Crippen molar-refractivity contribution in [2.24, 2.45) is 17.8 Å². The van der Waals surface area contributed by atoms with Crippen molar-refractivity contribution in [2.45, 2.75) is 26.7 Å². The Morgan fingerprint density at radius 2 is 1.76 bits per heavy atom. The number of amides is 2. The molecule has 2 heterocycles. The average Bonchev–Trinajstić information content (AvgIpc) is 2.96. The molecule has 134 valence electrons. The van der Waals surface area contributed by atoms with Crippen molar-refractivity contribution in [1.29, 1.82) is 0 Å². The molecule has 0 aliphatic carbocycles. The Morgan fingerprint density at radius 3 is 2.40 bits per heavy atom. The number of likely N-dealkylation sites (tertiary alicyclic amines) is 1. The summed E-state index contributed by atoms with van der Waals surface area (Å²) in [5.74, 6) is -1.76. The predicted octanol–water partition coefficient (Wildman–Crippen LogP) is 1.92. The van der Waals surface area contributed by atoms with Crippen LogP contribution in [0.1, 0.15) is 25.3 Å². The summed E-state index contributed by atoms with van der Waals surface area (Å²) < 4.78 is 0. The fraction of sp³-hybridized carbons (Fsp3) is 0.526. The molecule has 2 amide bonds. The molecule has 1 aromatic rings. The molecule has 2 aliphatic heterocycles. The van der Waals surface area contributed by atoms with Crippen molar-refractivity contribution in [3.63, 3.8) is 0 Å². The van der Waals surface area contributed by atoms with Crippen molar-refractivity contribution in [3.8, 4) is 0 Å². The maximum atomic E-state index is 12.8. The highest BCUT2D eigenvalue weighted by Crippen LogP contribution is 2.29. The maximum Gasteiger partial charge on any atom is 0.308 e. The van der Waals surface area contributed by atoms with Crippen LogP contribution in [0.4, 0.5) is 5.69 Å². The SMILES string of the molecule is Cc1ccc(N2CC(C(=O)N3CC(C)CC(C(=O)O)C3)CC2=O)cc1. The van der Waals surface area contributed by atoms with Gasteiger partial charge in [-0.15, -0.1) is 0 Å². The van der Waals surface area contributed by atoms with E-state index in [1.165, 1.54) is 0 Å². The molecule has 3 unspecified atom stereocenters. The van der Waals surface area contributed by atoms with E-state index in [9.17, 15) is 19.5 Å². The molecular formula is C19H24N2O4. The molecule has 0 aromatic heterocycles. The van der Waals surface area contributed by atoms with E-state index in [0.29, 0.717) is 19.5 Å². The molecule has 0 saturated carbocycles. The van der Waals surface area contributed by atoms with Crippen LogP contribution >= 0.6 is 0 Å². The quantitative estimate of drug-likeness (QED) is 0.909. The number of benzene rings is 1. The number of carboxylic acid groups (broad SMARTS) is 1. The lowest BCUT2D eigenvalue weighted by Crippen LogP contribution is -2.48. The highest BCUT2D eigenvalue weighted by atomic mass is 16.4. The van der Waals surface area contributed by atoms with Gasteiger partial charge in [-0.25, -0.2) is 0 Å². The van der Waals surface area contributed by atoms with Crippen molar-refractivity contribution < 1.29 is 19.5 Å². The summed E-state index contributed by atoms with van der Waals surface area (Å²) in [6, 6.07) is 7.68. The summed E-state index contributed by atoms with van der Waals surface area (Å²) in [6.45, 7) is 5.13. The van der Waals surface area contributed by atoms with Crippen molar-refractivity contribution in [2.75, 3.05) is 24.5 Å². The second kappa shape index (κ2) is 6.86. The lowest BCUT2D eigenvalue weighted by molar-refractivity contribution is -0.148. The number of carbonyl (C=O) groups excluding carboxylic acids is 2. The van der Waals surface area contributed by atoms with E-state index in [1.807, 2.05) is 38.1 Å². The van der Waals surface area contributed by atoms with Crippen LogP contribution in [-0.2, 0) is 14.4 Å². The number of carboxylic acids is 1. The highest BCUT2D eigenvalue weighted by molar-refractivity contribution is 6.00.